The van der Waals surface area contributed by atoms with Crippen LogP contribution >= 0.6 is 25.3 Å². The van der Waals surface area contributed by atoms with Gasteiger partial charge < -0.3 is 4.90 Å². The zero-order valence-electron chi connectivity index (χ0n) is 12.6. The molecule has 0 amide bonds. The molecule has 1 N–H and O–H groups in total. The molecule has 0 atom stereocenters. The van der Waals surface area contributed by atoms with Crippen molar-refractivity contribution < 1.29 is 0 Å². The lowest BCUT2D eigenvalue weighted by Gasteiger charge is -2.21. The van der Waals surface area contributed by atoms with Crippen molar-refractivity contribution in [2.24, 2.45) is 5.11 Å². The predicted molar refractivity (Wildman–Crippen MR) is 98.1 cm³/mol. The molecule has 1 aromatic heterocycles. The van der Waals surface area contributed by atoms with Crippen LogP contribution in [0, 0.1) is 12.5 Å². The van der Waals surface area contributed by atoms with Crippen molar-refractivity contribution in [1.29, 1.82) is 5.53 Å². The molecule has 1 heterocycles. The van der Waals surface area contributed by atoms with E-state index in [1.807, 2.05) is 55.3 Å². The number of hydrogen-bond acceptors (Lipinski definition) is 7. The fourth-order valence-electron chi connectivity index (χ4n) is 2.45. The Kier molecular flexibility index (Phi) is 4.23. The number of nitrogens with zero attached hydrogens (tertiary/aromatic N) is 4. The molecule has 0 aliphatic heterocycles. The molecule has 0 saturated carbocycles. The first kappa shape index (κ1) is 15.8. The summed E-state index contributed by atoms with van der Waals surface area (Å²) in [6, 6.07) is 11.6. The van der Waals surface area contributed by atoms with Gasteiger partial charge in [0, 0.05) is 27.9 Å². The number of nitrogens with one attached hydrogen (secondary N) is 1. The Balaban J connectivity index is 2.18. The van der Waals surface area contributed by atoms with Crippen LogP contribution in [-0.4, -0.2) is 17.0 Å². The number of para-hydroxylation sites is 1. The van der Waals surface area contributed by atoms with E-state index in [2.05, 4.69) is 40.3 Å². The Morgan fingerprint density at radius 1 is 1.09 bits per heavy atom. The van der Waals surface area contributed by atoms with Crippen LogP contribution in [0.3, 0.4) is 0 Å². The van der Waals surface area contributed by atoms with Gasteiger partial charge in [0.2, 0.25) is 0 Å². The van der Waals surface area contributed by atoms with Gasteiger partial charge in [-0.25, -0.2) is 15.5 Å². The van der Waals surface area contributed by atoms with Gasteiger partial charge in [0.25, 0.3) is 0 Å². The monoisotopic (exact) mass is 341 g/mol. The molecular weight excluding hydrogens is 326 g/mol. The second kappa shape index (κ2) is 6.17. The molecule has 0 bridgehead atoms. The van der Waals surface area contributed by atoms with Crippen LogP contribution in [0.4, 0.5) is 17.2 Å². The summed E-state index contributed by atoms with van der Waals surface area (Å²) in [4.78, 5) is 12.2. The van der Waals surface area contributed by atoms with Crippen LogP contribution in [-0.2, 0) is 0 Å². The van der Waals surface area contributed by atoms with E-state index in [1.54, 1.807) is 0 Å². The maximum atomic E-state index is 7.20. The standard InChI is InChI=1S/C16H15N5S2/c1-9-18-12-6-4-3-5-11(12)16(19-9)21(2)10-7-13(22)15(20-17)14(23)8-10/h3-8,17,22-23H,1-2H3. The number of rotatable bonds is 3. The van der Waals surface area contributed by atoms with Crippen LogP contribution in [0.25, 0.3) is 10.9 Å². The van der Waals surface area contributed by atoms with Crippen molar-refractivity contribution in [3.05, 3.63) is 42.2 Å². The number of hydrogen-bond donors (Lipinski definition) is 3. The number of anilines is 2. The largest absolute Gasteiger partial charge is 0.329 e. The summed E-state index contributed by atoms with van der Waals surface area (Å²) < 4.78 is 0. The second-order valence-corrected chi connectivity index (χ2v) is 6.08. The maximum Gasteiger partial charge on any atom is 0.144 e. The highest BCUT2D eigenvalue weighted by molar-refractivity contribution is 7.81. The third-order valence-corrected chi connectivity index (χ3v) is 4.25. The van der Waals surface area contributed by atoms with Gasteiger partial charge in [0.05, 0.1) is 5.52 Å². The first-order valence-corrected chi connectivity index (χ1v) is 7.81. The summed E-state index contributed by atoms with van der Waals surface area (Å²) in [5.41, 5.74) is 9.42. The number of aromatic nitrogens is 2. The number of fused-ring (bicyclic) bond motifs is 1. The van der Waals surface area contributed by atoms with Gasteiger partial charge in [-0.15, -0.1) is 25.3 Å². The molecule has 0 aliphatic rings. The molecular formula is C16H15N5S2. The molecule has 7 heteroatoms. The summed E-state index contributed by atoms with van der Waals surface area (Å²) in [7, 11) is 1.93. The van der Waals surface area contributed by atoms with Gasteiger partial charge in [-0.05, 0) is 31.2 Å². The van der Waals surface area contributed by atoms with E-state index in [0.717, 1.165) is 22.4 Å². The van der Waals surface area contributed by atoms with Crippen LogP contribution in [0.15, 0.2) is 51.3 Å². The van der Waals surface area contributed by atoms with Crippen molar-refractivity contribution in [3.63, 3.8) is 0 Å². The third kappa shape index (κ3) is 2.89. The van der Waals surface area contributed by atoms with E-state index in [9.17, 15) is 0 Å². The van der Waals surface area contributed by atoms with Crippen molar-refractivity contribution in [3.8, 4) is 0 Å². The molecule has 5 nitrogen and oxygen atoms in total. The number of thiol groups is 2. The van der Waals surface area contributed by atoms with Crippen molar-refractivity contribution >= 4 is 53.4 Å². The Bertz CT molecular complexity index is 887. The first-order chi connectivity index (χ1) is 11.0. The zero-order chi connectivity index (χ0) is 16.6. The highest BCUT2D eigenvalue weighted by Crippen LogP contribution is 2.37. The average molecular weight is 341 g/mol. The average Bonchev–Trinajstić information content (AvgIpc) is 2.53. The Morgan fingerprint density at radius 2 is 1.74 bits per heavy atom. The fraction of sp³-hybridized carbons (Fsp3) is 0.125. The number of benzene rings is 2. The first-order valence-electron chi connectivity index (χ1n) is 6.92. The summed E-state index contributed by atoms with van der Waals surface area (Å²) in [5, 5.41) is 4.43. The van der Waals surface area contributed by atoms with Gasteiger partial charge in [0.1, 0.15) is 17.3 Å². The minimum absolute atomic E-state index is 0.456. The number of aryl methyl sites for hydroxylation is 1. The molecule has 2 aromatic carbocycles. The van der Waals surface area contributed by atoms with Gasteiger partial charge in [-0.1, -0.05) is 12.1 Å². The molecule has 0 radical (unpaired) electrons. The maximum absolute atomic E-state index is 7.20. The van der Waals surface area contributed by atoms with Crippen LogP contribution in [0.2, 0.25) is 0 Å². The van der Waals surface area contributed by atoms with Crippen LogP contribution < -0.4 is 4.90 Å². The predicted octanol–water partition coefficient (Wildman–Crippen LogP) is 4.95. The molecule has 3 rings (SSSR count). The van der Waals surface area contributed by atoms with Crippen LogP contribution in [0.5, 0.6) is 0 Å². The lowest BCUT2D eigenvalue weighted by atomic mass is 10.2. The summed E-state index contributed by atoms with van der Waals surface area (Å²) in [5.74, 6) is 1.52. The molecule has 0 spiro atoms. The third-order valence-electron chi connectivity index (χ3n) is 3.57. The van der Waals surface area contributed by atoms with E-state index in [0.29, 0.717) is 21.3 Å². The van der Waals surface area contributed by atoms with Gasteiger partial charge in [-0.2, -0.15) is 5.11 Å². The lowest BCUT2D eigenvalue weighted by molar-refractivity contribution is 1.03. The smallest absolute Gasteiger partial charge is 0.144 e. The Morgan fingerprint density at radius 3 is 2.39 bits per heavy atom. The van der Waals surface area contributed by atoms with E-state index >= 15 is 0 Å². The minimum Gasteiger partial charge on any atom is -0.329 e. The summed E-state index contributed by atoms with van der Waals surface area (Å²) in [6.07, 6.45) is 0. The fourth-order valence-corrected chi connectivity index (χ4v) is 3.14. The van der Waals surface area contributed by atoms with Crippen LogP contribution in [0.1, 0.15) is 5.82 Å². The van der Waals surface area contributed by atoms with Gasteiger partial charge >= 0.3 is 0 Å². The lowest BCUT2D eigenvalue weighted by Crippen LogP contribution is -2.13. The highest BCUT2D eigenvalue weighted by atomic mass is 32.1. The van der Waals surface area contributed by atoms with E-state index in [-0.39, 0.29) is 0 Å². The quantitative estimate of drug-likeness (QED) is 0.467. The van der Waals surface area contributed by atoms with E-state index in [4.69, 9.17) is 5.53 Å². The van der Waals surface area contributed by atoms with E-state index in [1.165, 1.54) is 0 Å². The van der Waals surface area contributed by atoms with Crippen molar-refractivity contribution in [2.45, 2.75) is 16.7 Å². The van der Waals surface area contributed by atoms with Crippen molar-refractivity contribution in [2.75, 3.05) is 11.9 Å². The molecule has 0 aliphatic carbocycles. The Hall–Kier alpha value is -2.12. The Labute approximate surface area is 145 Å². The highest BCUT2D eigenvalue weighted by Gasteiger charge is 2.14. The second-order valence-electron chi connectivity index (χ2n) is 5.12. The minimum atomic E-state index is 0.456. The summed E-state index contributed by atoms with van der Waals surface area (Å²) >= 11 is 8.79. The normalized spacial score (nSPS) is 10.8. The summed E-state index contributed by atoms with van der Waals surface area (Å²) in [6.45, 7) is 1.87. The van der Waals surface area contributed by atoms with Gasteiger partial charge in [-0.3, -0.25) is 0 Å². The van der Waals surface area contributed by atoms with Gasteiger partial charge in [0.15, 0.2) is 0 Å². The van der Waals surface area contributed by atoms with E-state index < -0.39 is 0 Å². The van der Waals surface area contributed by atoms with Crippen molar-refractivity contribution in [1.82, 2.24) is 9.97 Å². The molecule has 3 aromatic rings. The molecule has 0 saturated heterocycles. The topological polar surface area (TPSA) is 65.2 Å². The molecule has 116 valence electrons. The molecule has 0 fully saturated rings. The SMILES string of the molecule is Cc1nc(N(C)c2cc(S)c(N=N)c(S)c2)c2ccccc2n1. The molecule has 23 heavy (non-hydrogen) atoms. The zero-order valence-corrected chi connectivity index (χ0v) is 14.4. The molecule has 0 unspecified atom stereocenters.